The lowest BCUT2D eigenvalue weighted by atomic mass is 9.58. The highest BCUT2D eigenvalue weighted by Gasteiger charge is 2.40. The summed E-state index contributed by atoms with van der Waals surface area (Å²) in [5.41, 5.74) is 1.82. The number of carbonyl (C=O) groups is 1. The predicted molar refractivity (Wildman–Crippen MR) is 108 cm³/mol. The molecule has 1 aliphatic heterocycles. The molecule has 2 heterocycles. The highest BCUT2D eigenvalue weighted by atomic mass is 16.6. The number of imidazole rings is 1. The molecule has 1 N–H and O–H groups in total. The molecule has 0 radical (unpaired) electrons. The molecule has 1 aliphatic rings. The average Bonchev–Trinajstić information content (AvgIpc) is 3.08. The predicted octanol–water partition coefficient (Wildman–Crippen LogP) is 1.44. The Bertz CT molecular complexity index is 822. The van der Waals surface area contributed by atoms with Crippen molar-refractivity contribution in [3.63, 3.8) is 0 Å². The minimum absolute atomic E-state index is 0.0754. The first-order valence-corrected chi connectivity index (χ1v) is 9.62. The van der Waals surface area contributed by atoms with Gasteiger partial charge < -0.3 is 4.74 Å². The maximum absolute atomic E-state index is 12.7. The zero-order valence-corrected chi connectivity index (χ0v) is 17.1. The van der Waals surface area contributed by atoms with E-state index in [4.69, 9.17) is 10.1 Å². The van der Waals surface area contributed by atoms with E-state index in [1.54, 1.807) is 0 Å². The fourth-order valence-corrected chi connectivity index (χ4v) is 4.23. The van der Waals surface area contributed by atoms with E-state index in [0.29, 0.717) is 12.4 Å². The van der Waals surface area contributed by atoms with E-state index in [2.05, 4.69) is 47.8 Å². The van der Waals surface area contributed by atoms with Crippen molar-refractivity contribution in [1.82, 2.24) is 9.47 Å². The molecule has 27 heavy (non-hydrogen) atoms. The molecular weight excluding hydrogens is 339 g/mol. The zero-order chi connectivity index (χ0) is 19.8. The molecule has 144 valence electrons. The third-order valence-corrected chi connectivity index (χ3v) is 5.56. The van der Waals surface area contributed by atoms with E-state index >= 15 is 0 Å². The summed E-state index contributed by atoms with van der Waals surface area (Å²) in [4.78, 5) is 14.2. The quantitative estimate of drug-likeness (QED) is 0.658. The Morgan fingerprint density at radius 3 is 2.52 bits per heavy atom. The molecule has 7 heteroatoms. The van der Waals surface area contributed by atoms with Crippen molar-refractivity contribution < 1.29 is 14.1 Å². The molecule has 0 saturated carbocycles. The summed E-state index contributed by atoms with van der Waals surface area (Å²) < 4.78 is 9.87. The SMILES string of the molecule is Cn1cc[n+](C)c1[BH2-][C@H]1CN(C(=O)OC(C)(C)C)C(=N)[C@@H]1c1ccccc1. The van der Waals surface area contributed by atoms with Gasteiger partial charge in [0.15, 0.2) is 0 Å². The summed E-state index contributed by atoms with van der Waals surface area (Å²) >= 11 is 0. The lowest BCUT2D eigenvalue weighted by molar-refractivity contribution is -0.653. The normalized spacial score (nSPS) is 20.2. The molecule has 0 spiro atoms. The van der Waals surface area contributed by atoms with Gasteiger partial charge in [-0.1, -0.05) is 30.3 Å². The molecule has 1 amide bonds. The molecule has 0 unspecified atom stereocenters. The molecule has 1 fully saturated rings. The second-order valence-corrected chi connectivity index (χ2v) is 8.70. The molecule has 0 bridgehead atoms. The van der Waals surface area contributed by atoms with E-state index in [1.165, 1.54) is 10.6 Å². The van der Waals surface area contributed by atoms with E-state index in [-0.39, 0.29) is 11.7 Å². The molecule has 1 aromatic carbocycles. The van der Waals surface area contributed by atoms with Gasteiger partial charge in [0.1, 0.15) is 23.8 Å². The molecular formula is C20H29BN4O2. The Balaban J connectivity index is 1.92. The van der Waals surface area contributed by atoms with Gasteiger partial charge in [-0.05, 0) is 26.3 Å². The monoisotopic (exact) mass is 368 g/mol. The van der Waals surface area contributed by atoms with Crippen LogP contribution >= 0.6 is 0 Å². The van der Waals surface area contributed by atoms with Gasteiger partial charge in [0, 0.05) is 12.5 Å². The third kappa shape index (κ3) is 4.07. The van der Waals surface area contributed by atoms with Crippen molar-refractivity contribution in [2.45, 2.75) is 38.1 Å². The Labute approximate surface area is 161 Å². The first-order chi connectivity index (χ1) is 12.7. The van der Waals surface area contributed by atoms with Gasteiger partial charge >= 0.3 is 6.09 Å². The standard InChI is InChI=1S/C20H29BN4O2/c1-20(2,3)27-19(26)25-13-15(21-18-23(4)11-12-24(18)5)16(17(25)22)14-9-7-6-8-10-14/h6-12,15-16,22H,13,21H2,1-5H3/t15-,16+/m0/s1. The number of amides is 1. The van der Waals surface area contributed by atoms with Crippen LogP contribution in [0.25, 0.3) is 0 Å². The number of rotatable bonds is 3. The van der Waals surface area contributed by atoms with E-state index in [1.807, 2.05) is 39.0 Å². The van der Waals surface area contributed by atoms with E-state index in [9.17, 15) is 4.79 Å². The first kappa shape index (κ1) is 19.2. The van der Waals surface area contributed by atoms with E-state index < -0.39 is 19.0 Å². The molecule has 0 aliphatic carbocycles. The molecule has 1 saturated heterocycles. The summed E-state index contributed by atoms with van der Waals surface area (Å²) in [6.07, 6.45) is 3.70. The number of ether oxygens (including phenoxy) is 1. The van der Waals surface area contributed by atoms with Gasteiger partial charge in [-0.3, -0.25) is 19.4 Å². The smallest absolute Gasteiger partial charge is 0.415 e. The number of nitrogens with one attached hydrogen (secondary N) is 1. The molecule has 1 aromatic heterocycles. The number of aromatic nitrogens is 2. The molecule has 6 nitrogen and oxygen atoms in total. The summed E-state index contributed by atoms with van der Waals surface area (Å²) in [7, 11) is 3.52. The Hall–Kier alpha value is -2.57. The number of hydrogen-bond donors (Lipinski definition) is 1. The maximum Gasteiger partial charge on any atom is 0.415 e. The maximum atomic E-state index is 12.7. The first-order valence-electron chi connectivity index (χ1n) is 9.62. The van der Waals surface area contributed by atoms with Gasteiger partial charge in [0.2, 0.25) is 0 Å². The fraction of sp³-hybridized carbons (Fsp3) is 0.450. The van der Waals surface area contributed by atoms with Gasteiger partial charge in [-0.25, -0.2) is 4.79 Å². The van der Waals surface area contributed by atoms with Crippen molar-refractivity contribution in [1.29, 1.82) is 5.41 Å². The van der Waals surface area contributed by atoms with Crippen LogP contribution in [-0.4, -0.2) is 40.8 Å². The van der Waals surface area contributed by atoms with Crippen molar-refractivity contribution in [2.24, 2.45) is 14.1 Å². The lowest BCUT2D eigenvalue weighted by Gasteiger charge is -2.25. The van der Waals surface area contributed by atoms with Crippen LogP contribution in [-0.2, 0) is 18.8 Å². The second-order valence-electron chi connectivity index (χ2n) is 8.70. The number of amidine groups is 1. The van der Waals surface area contributed by atoms with Crippen LogP contribution in [0.5, 0.6) is 0 Å². The van der Waals surface area contributed by atoms with Crippen LogP contribution in [0.4, 0.5) is 4.79 Å². The highest BCUT2D eigenvalue weighted by molar-refractivity contribution is 6.53. The topological polar surface area (TPSA) is 62.2 Å². The number of likely N-dealkylation sites (tertiary alicyclic amines) is 1. The van der Waals surface area contributed by atoms with Gasteiger partial charge in [0.05, 0.1) is 27.1 Å². The van der Waals surface area contributed by atoms with Crippen molar-refractivity contribution in [2.75, 3.05) is 6.54 Å². The zero-order valence-electron chi connectivity index (χ0n) is 17.1. The largest absolute Gasteiger partial charge is 0.443 e. The Morgan fingerprint density at radius 2 is 1.96 bits per heavy atom. The van der Waals surface area contributed by atoms with Crippen LogP contribution in [0.2, 0.25) is 5.82 Å². The van der Waals surface area contributed by atoms with Crippen LogP contribution in [0, 0.1) is 5.41 Å². The number of hydrogen-bond acceptors (Lipinski definition) is 3. The summed E-state index contributed by atoms with van der Waals surface area (Å²) in [6, 6.07) is 10.1. The molecule has 3 rings (SSSR count). The Morgan fingerprint density at radius 1 is 1.30 bits per heavy atom. The number of carbonyl (C=O) groups excluding carboxylic acids is 1. The number of aryl methyl sites for hydroxylation is 2. The van der Waals surface area contributed by atoms with Gasteiger partial charge in [-0.15, -0.1) is 5.82 Å². The van der Waals surface area contributed by atoms with E-state index in [0.717, 1.165) is 5.56 Å². The Kier molecular flexibility index (Phi) is 5.13. The number of nitrogens with zero attached hydrogens (tertiary/aromatic N) is 3. The van der Waals surface area contributed by atoms with Gasteiger partial charge in [-0.2, -0.15) is 0 Å². The third-order valence-electron chi connectivity index (χ3n) is 5.56. The highest BCUT2D eigenvalue weighted by Crippen LogP contribution is 2.38. The molecule has 2 atom stereocenters. The second kappa shape index (κ2) is 7.21. The van der Waals surface area contributed by atoms with Crippen LogP contribution in [0.3, 0.4) is 0 Å². The minimum Gasteiger partial charge on any atom is -0.443 e. The van der Waals surface area contributed by atoms with Crippen molar-refractivity contribution in [3.8, 4) is 0 Å². The molecule has 2 aromatic rings. The fourth-order valence-electron chi connectivity index (χ4n) is 4.23. The van der Waals surface area contributed by atoms with Gasteiger partial charge in [0.25, 0.3) is 0 Å². The lowest BCUT2D eigenvalue weighted by Crippen LogP contribution is -2.51. The minimum atomic E-state index is -0.591. The average molecular weight is 368 g/mol. The van der Waals surface area contributed by atoms with Crippen LogP contribution in [0.15, 0.2) is 42.7 Å². The summed E-state index contributed by atoms with van der Waals surface area (Å²) in [5, 5.41) is 8.74. The van der Waals surface area contributed by atoms with Crippen molar-refractivity contribution in [3.05, 3.63) is 48.3 Å². The van der Waals surface area contributed by atoms with Crippen LogP contribution < -0.4 is 10.3 Å². The van der Waals surface area contributed by atoms with Crippen LogP contribution in [0.1, 0.15) is 32.3 Å². The number of benzene rings is 1. The van der Waals surface area contributed by atoms with Crippen molar-refractivity contribution >= 4 is 24.9 Å². The summed E-state index contributed by atoms with van der Waals surface area (Å²) in [6.45, 7) is 6.11. The summed E-state index contributed by atoms with van der Waals surface area (Å²) in [5.74, 6) is 0.516.